The van der Waals surface area contributed by atoms with Crippen LogP contribution in [-0.4, -0.2) is 16.2 Å². The monoisotopic (exact) mass is 518 g/mol. The van der Waals surface area contributed by atoms with Crippen molar-refractivity contribution in [3.8, 4) is 22.3 Å². The molecule has 0 heterocycles. The highest BCUT2D eigenvalue weighted by Gasteiger charge is 2.30. The summed E-state index contributed by atoms with van der Waals surface area (Å²) in [5.41, 5.74) is 2.01. The molecule has 2 N–H and O–H groups in total. The van der Waals surface area contributed by atoms with Crippen LogP contribution < -0.4 is 0 Å². The first-order valence-electron chi connectivity index (χ1n) is 10.8. The van der Waals surface area contributed by atoms with Gasteiger partial charge < -0.3 is 10.2 Å². The van der Waals surface area contributed by atoms with Gasteiger partial charge in [0.2, 0.25) is 0 Å². The Balaban J connectivity index is 0.000000206. The molecule has 0 aliphatic carbocycles. The van der Waals surface area contributed by atoms with E-state index < -0.39 is 29.4 Å². The Morgan fingerprint density at radius 3 is 1.43 bits per heavy atom. The van der Waals surface area contributed by atoms with E-state index in [4.69, 9.17) is 10.2 Å². The predicted octanol–water partition coefficient (Wildman–Crippen LogP) is 7.94. The fourth-order valence-corrected chi connectivity index (χ4v) is 3.38. The lowest BCUT2D eigenvalue weighted by atomic mass is 10.0. The molecule has 0 unspecified atom stereocenters. The largest absolute Gasteiger partial charge is 0.478 e. The first kappa shape index (κ1) is 27.5. The third kappa shape index (κ3) is 7.44. The Labute approximate surface area is 208 Å². The summed E-state index contributed by atoms with van der Waals surface area (Å²) in [4.78, 5) is 10.8. The number of aromatic carboxylic acids is 1. The summed E-state index contributed by atoms with van der Waals surface area (Å²) in [6.45, 7) is -0.0888. The lowest BCUT2D eigenvalue weighted by Gasteiger charge is -2.08. The summed E-state index contributed by atoms with van der Waals surface area (Å²) in [5, 5.41) is 17.9. The number of rotatable bonds is 4. The van der Waals surface area contributed by atoms with Crippen LogP contribution in [-0.2, 0) is 19.0 Å². The molecule has 0 spiro atoms. The van der Waals surface area contributed by atoms with E-state index in [-0.39, 0.29) is 12.2 Å². The molecule has 0 amide bonds. The van der Waals surface area contributed by atoms with Gasteiger partial charge in [-0.2, -0.15) is 26.3 Å². The number of aliphatic hydroxyl groups is 1. The van der Waals surface area contributed by atoms with Gasteiger partial charge in [-0.05, 0) is 70.3 Å². The number of halogens is 6. The Morgan fingerprint density at radius 2 is 1.03 bits per heavy atom. The minimum atomic E-state index is -4.37. The summed E-state index contributed by atoms with van der Waals surface area (Å²) in [6.07, 6.45) is -8.69. The van der Waals surface area contributed by atoms with Gasteiger partial charge in [0.1, 0.15) is 0 Å². The van der Waals surface area contributed by atoms with Crippen LogP contribution in [0.3, 0.4) is 0 Å². The lowest BCUT2D eigenvalue weighted by Crippen LogP contribution is -2.04. The summed E-state index contributed by atoms with van der Waals surface area (Å²) < 4.78 is 74.5. The van der Waals surface area contributed by atoms with E-state index in [0.29, 0.717) is 16.7 Å². The zero-order chi connectivity index (χ0) is 27.2. The molecule has 0 aromatic heterocycles. The van der Waals surface area contributed by atoms with Crippen molar-refractivity contribution in [2.45, 2.75) is 19.0 Å². The van der Waals surface area contributed by atoms with Crippen LogP contribution in [0.2, 0.25) is 0 Å². The van der Waals surface area contributed by atoms with Gasteiger partial charge in [0.15, 0.2) is 0 Å². The van der Waals surface area contributed by atoms with Crippen molar-refractivity contribution in [1.82, 2.24) is 0 Å². The van der Waals surface area contributed by atoms with Crippen molar-refractivity contribution in [3.05, 3.63) is 119 Å². The molecule has 37 heavy (non-hydrogen) atoms. The van der Waals surface area contributed by atoms with E-state index in [9.17, 15) is 31.1 Å². The van der Waals surface area contributed by atoms with E-state index in [0.717, 1.165) is 35.4 Å². The molecule has 4 aromatic carbocycles. The van der Waals surface area contributed by atoms with Crippen LogP contribution >= 0.6 is 0 Å². The average Bonchev–Trinajstić information content (AvgIpc) is 2.88. The number of alkyl halides is 6. The second kappa shape index (κ2) is 11.3. The minimum absolute atomic E-state index is 0.0888. The topological polar surface area (TPSA) is 57.5 Å². The van der Waals surface area contributed by atoms with Gasteiger partial charge in [-0.1, -0.05) is 54.6 Å². The SMILES string of the molecule is O=C(O)c1cccc(-c2ccc(C(F)(F)F)cc2)c1.OCc1cccc(-c2ccc(C(F)(F)F)cc2)c1. The molecule has 4 aromatic rings. The Hall–Kier alpha value is -4.11. The average molecular weight is 518 g/mol. The van der Waals surface area contributed by atoms with Gasteiger partial charge in [0.05, 0.1) is 23.3 Å². The number of hydrogen-bond acceptors (Lipinski definition) is 2. The maximum atomic E-state index is 12.4. The van der Waals surface area contributed by atoms with Crippen LogP contribution in [0.25, 0.3) is 22.3 Å². The Bertz CT molecular complexity index is 1340. The third-order valence-electron chi connectivity index (χ3n) is 5.31. The Kier molecular flexibility index (Phi) is 8.39. The van der Waals surface area contributed by atoms with Crippen molar-refractivity contribution < 1.29 is 41.4 Å². The quantitative estimate of drug-likeness (QED) is 0.270. The van der Waals surface area contributed by atoms with Crippen LogP contribution in [0.1, 0.15) is 27.0 Å². The summed E-state index contributed by atoms with van der Waals surface area (Å²) >= 11 is 0. The van der Waals surface area contributed by atoms with Crippen molar-refractivity contribution in [1.29, 1.82) is 0 Å². The number of carboxylic acid groups (broad SMARTS) is 1. The molecule has 0 bridgehead atoms. The zero-order valence-corrected chi connectivity index (χ0v) is 19.0. The van der Waals surface area contributed by atoms with E-state index in [2.05, 4.69) is 0 Å². The second-order valence-electron chi connectivity index (χ2n) is 7.89. The van der Waals surface area contributed by atoms with Crippen molar-refractivity contribution in [3.63, 3.8) is 0 Å². The molecular weight excluding hydrogens is 498 g/mol. The zero-order valence-electron chi connectivity index (χ0n) is 19.0. The highest BCUT2D eigenvalue weighted by molar-refractivity contribution is 5.89. The smallest absolute Gasteiger partial charge is 0.416 e. The van der Waals surface area contributed by atoms with E-state index in [1.165, 1.54) is 36.4 Å². The molecule has 0 radical (unpaired) electrons. The molecule has 192 valence electrons. The van der Waals surface area contributed by atoms with Gasteiger partial charge in [-0.25, -0.2) is 4.79 Å². The molecule has 0 saturated carbocycles. The molecule has 0 aliphatic rings. The first-order chi connectivity index (χ1) is 17.4. The standard InChI is InChI=1S/C14H9F3O2.C14H11F3O/c15-14(16,17)12-6-4-9(5-7-12)10-2-1-3-11(8-10)13(18)19;15-14(16,17)13-6-4-11(5-7-13)12-3-1-2-10(8-12)9-18/h1-8H,(H,18,19);1-8,18H,9H2. The summed E-state index contributed by atoms with van der Waals surface area (Å²) in [7, 11) is 0. The highest BCUT2D eigenvalue weighted by atomic mass is 19.4. The fraction of sp³-hybridized carbons (Fsp3) is 0.107. The molecule has 9 heteroatoms. The molecule has 0 aliphatic heterocycles. The van der Waals surface area contributed by atoms with Crippen LogP contribution in [0.15, 0.2) is 97.1 Å². The molecule has 0 saturated heterocycles. The van der Waals surface area contributed by atoms with Crippen molar-refractivity contribution >= 4 is 5.97 Å². The Morgan fingerprint density at radius 1 is 0.595 bits per heavy atom. The maximum Gasteiger partial charge on any atom is 0.416 e. The third-order valence-corrected chi connectivity index (χ3v) is 5.31. The van der Waals surface area contributed by atoms with E-state index >= 15 is 0 Å². The second-order valence-corrected chi connectivity index (χ2v) is 7.89. The normalized spacial score (nSPS) is 11.4. The van der Waals surface area contributed by atoms with Crippen LogP contribution in [0, 0.1) is 0 Å². The highest BCUT2D eigenvalue weighted by Crippen LogP contribution is 2.32. The summed E-state index contributed by atoms with van der Waals surface area (Å²) in [5.74, 6) is -1.08. The predicted molar refractivity (Wildman–Crippen MR) is 127 cm³/mol. The number of carbonyl (C=O) groups is 1. The van der Waals surface area contributed by atoms with Crippen molar-refractivity contribution in [2.75, 3.05) is 0 Å². The molecule has 4 rings (SSSR count). The fourth-order valence-electron chi connectivity index (χ4n) is 3.38. The van der Waals surface area contributed by atoms with E-state index in [1.807, 2.05) is 0 Å². The molecule has 3 nitrogen and oxygen atoms in total. The van der Waals surface area contributed by atoms with Gasteiger partial charge in [-0.3, -0.25) is 0 Å². The maximum absolute atomic E-state index is 12.4. The van der Waals surface area contributed by atoms with Crippen LogP contribution in [0.4, 0.5) is 26.3 Å². The number of aliphatic hydroxyl groups excluding tert-OH is 1. The van der Waals surface area contributed by atoms with Crippen LogP contribution in [0.5, 0.6) is 0 Å². The van der Waals surface area contributed by atoms with Gasteiger partial charge in [0, 0.05) is 0 Å². The number of benzene rings is 4. The van der Waals surface area contributed by atoms with Crippen molar-refractivity contribution in [2.24, 2.45) is 0 Å². The van der Waals surface area contributed by atoms with E-state index in [1.54, 1.807) is 36.4 Å². The molecule has 0 atom stereocenters. The van der Waals surface area contributed by atoms with Gasteiger partial charge in [-0.15, -0.1) is 0 Å². The lowest BCUT2D eigenvalue weighted by molar-refractivity contribution is -0.138. The summed E-state index contributed by atoms with van der Waals surface area (Å²) in [6, 6.07) is 22.7. The molecular formula is C28H20F6O3. The minimum Gasteiger partial charge on any atom is -0.478 e. The first-order valence-corrected chi connectivity index (χ1v) is 10.8. The molecule has 0 fully saturated rings. The number of hydrogen-bond donors (Lipinski definition) is 2. The number of carboxylic acids is 1. The van der Waals surface area contributed by atoms with Gasteiger partial charge >= 0.3 is 18.3 Å². The van der Waals surface area contributed by atoms with Gasteiger partial charge in [0.25, 0.3) is 0 Å².